The van der Waals surface area contributed by atoms with Crippen LogP contribution in [0.3, 0.4) is 0 Å². The molecule has 0 unspecified atom stereocenters. The van der Waals surface area contributed by atoms with Crippen LogP contribution in [-0.2, 0) is 9.84 Å². The van der Waals surface area contributed by atoms with Crippen LogP contribution >= 0.6 is 0 Å². The van der Waals surface area contributed by atoms with Crippen LogP contribution < -0.4 is 5.73 Å². The normalized spacial score (nSPS) is 17.8. The second-order valence-electron chi connectivity index (χ2n) is 5.26. The molecule has 0 heterocycles. The van der Waals surface area contributed by atoms with Gasteiger partial charge in [0.1, 0.15) is 0 Å². The Bertz CT molecular complexity index is 517. The zero-order chi connectivity index (χ0) is 13.2. The molecule has 1 saturated carbocycles. The Kier molecular flexibility index (Phi) is 3.95. The predicted molar refractivity (Wildman–Crippen MR) is 74.2 cm³/mol. The third-order valence-electron chi connectivity index (χ3n) is 3.84. The lowest BCUT2D eigenvalue weighted by molar-refractivity contribution is 0.385. The topological polar surface area (TPSA) is 60.2 Å². The molecule has 0 saturated heterocycles. The molecule has 1 fully saturated rings. The van der Waals surface area contributed by atoms with Gasteiger partial charge in [-0.05, 0) is 43.4 Å². The van der Waals surface area contributed by atoms with Crippen molar-refractivity contribution in [2.45, 2.75) is 43.9 Å². The Labute approximate surface area is 109 Å². The molecule has 2 N–H and O–H groups in total. The zero-order valence-electron chi connectivity index (χ0n) is 10.9. The summed E-state index contributed by atoms with van der Waals surface area (Å²) in [7, 11) is -3.19. The van der Waals surface area contributed by atoms with Crippen molar-refractivity contribution in [3.8, 4) is 0 Å². The molecule has 100 valence electrons. The number of benzene rings is 1. The lowest BCUT2D eigenvalue weighted by Gasteiger charge is -2.21. The summed E-state index contributed by atoms with van der Waals surface area (Å²) in [4.78, 5) is 0.410. The van der Waals surface area contributed by atoms with Crippen LogP contribution in [0.1, 0.15) is 37.7 Å². The number of nitrogen functional groups attached to an aromatic ring is 1. The zero-order valence-corrected chi connectivity index (χ0v) is 11.7. The van der Waals surface area contributed by atoms with Crippen LogP contribution in [0, 0.1) is 12.8 Å². The van der Waals surface area contributed by atoms with E-state index in [9.17, 15) is 8.42 Å². The van der Waals surface area contributed by atoms with E-state index in [2.05, 4.69) is 0 Å². The number of anilines is 1. The number of nitrogens with two attached hydrogens (primary N) is 1. The van der Waals surface area contributed by atoms with Gasteiger partial charge in [-0.3, -0.25) is 0 Å². The molecule has 0 bridgehead atoms. The summed E-state index contributed by atoms with van der Waals surface area (Å²) in [5.41, 5.74) is 7.03. The van der Waals surface area contributed by atoms with E-state index >= 15 is 0 Å². The van der Waals surface area contributed by atoms with E-state index < -0.39 is 9.84 Å². The summed E-state index contributed by atoms with van der Waals surface area (Å²) in [6, 6.07) is 5.13. The molecule has 1 aromatic rings. The summed E-state index contributed by atoms with van der Waals surface area (Å²) in [6.45, 7) is 1.78. The average molecular weight is 267 g/mol. The van der Waals surface area contributed by atoms with E-state index in [1.165, 1.54) is 6.42 Å². The Hall–Kier alpha value is -1.03. The second-order valence-corrected chi connectivity index (χ2v) is 7.26. The smallest absolute Gasteiger partial charge is 0.178 e. The maximum atomic E-state index is 12.4. The highest BCUT2D eigenvalue weighted by Crippen LogP contribution is 2.29. The highest BCUT2D eigenvalue weighted by Gasteiger charge is 2.24. The quantitative estimate of drug-likeness (QED) is 0.857. The van der Waals surface area contributed by atoms with Crippen molar-refractivity contribution < 1.29 is 8.42 Å². The molecule has 18 heavy (non-hydrogen) atoms. The van der Waals surface area contributed by atoms with Crippen molar-refractivity contribution >= 4 is 15.5 Å². The number of rotatable bonds is 3. The minimum Gasteiger partial charge on any atom is -0.398 e. The lowest BCUT2D eigenvalue weighted by atomic mass is 9.91. The van der Waals surface area contributed by atoms with Crippen molar-refractivity contribution in [3.63, 3.8) is 0 Å². The van der Waals surface area contributed by atoms with Gasteiger partial charge in [-0.1, -0.05) is 25.3 Å². The summed E-state index contributed by atoms with van der Waals surface area (Å²) in [5, 5.41) is 0. The molecule has 0 atom stereocenters. The van der Waals surface area contributed by atoms with Gasteiger partial charge in [-0.25, -0.2) is 8.42 Å². The van der Waals surface area contributed by atoms with E-state index in [0.717, 1.165) is 25.7 Å². The SMILES string of the molecule is Cc1c(N)cccc1S(=O)(=O)CC1CCCCC1. The molecule has 0 aliphatic heterocycles. The molecular formula is C14H21NO2S. The molecule has 0 amide bonds. The van der Waals surface area contributed by atoms with E-state index in [-0.39, 0.29) is 5.75 Å². The van der Waals surface area contributed by atoms with Gasteiger partial charge in [0.25, 0.3) is 0 Å². The first-order valence-electron chi connectivity index (χ1n) is 6.58. The molecule has 3 nitrogen and oxygen atoms in total. The third-order valence-corrected chi connectivity index (χ3v) is 5.86. The Morgan fingerprint density at radius 2 is 1.89 bits per heavy atom. The minimum atomic E-state index is -3.19. The van der Waals surface area contributed by atoms with Crippen LogP contribution in [0.25, 0.3) is 0 Å². The van der Waals surface area contributed by atoms with E-state index in [1.54, 1.807) is 25.1 Å². The summed E-state index contributed by atoms with van der Waals surface area (Å²) in [5.74, 6) is 0.599. The Morgan fingerprint density at radius 3 is 2.56 bits per heavy atom. The van der Waals surface area contributed by atoms with Crippen LogP contribution in [0.15, 0.2) is 23.1 Å². The van der Waals surface area contributed by atoms with Gasteiger partial charge >= 0.3 is 0 Å². The van der Waals surface area contributed by atoms with Gasteiger partial charge in [-0.15, -0.1) is 0 Å². The number of hydrogen-bond donors (Lipinski definition) is 1. The highest BCUT2D eigenvalue weighted by molar-refractivity contribution is 7.91. The molecule has 1 aliphatic rings. The van der Waals surface area contributed by atoms with Crippen molar-refractivity contribution in [2.75, 3.05) is 11.5 Å². The van der Waals surface area contributed by atoms with Crippen LogP contribution in [0.2, 0.25) is 0 Å². The molecule has 0 radical (unpaired) electrons. The van der Waals surface area contributed by atoms with Crippen LogP contribution in [0.5, 0.6) is 0 Å². The summed E-state index contributed by atoms with van der Waals surface area (Å²) >= 11 is 0. The van der Waals surface area contributed by atoms with Crippen molar-refractivity contribution in [3.05, 3.63) is 23.8 Å². The van der Waals surface area contributed by atoms with Gasteiger partial charge < -0.3 is 5.73 Å². The van der Waals surface area contributed by atoms with Gasteiger partial charge in [0, 0.05) is 5.69 Å². The maximum Gasteiger partial charge on any atom is 0.178 e. The molecule has 1 aromatic carbocycles. The summed E-state index contributed by atoms with van der Waals surface area (Å²) < 4.78 is 24.8. The standard InChI is InChI=1S/C14H21NO2S/c1-11-13(15)8-5-9-14(11)18(16,17)10-12-6-3-2-4-7-12/h5,8-9,12H,2-4,6-7,10,15H2,1H3. The van der Waals surface area contributed by atoms with Gasteiger partial charge in [0.2, 0.25) is 0 Å². The maximum absolute atomic E-state index is 12.4. The lowest BCUT2D eigenvalue weighted by Crippen LogP contribution is -2.19. The highest BCUT2D eigenvalue weighted by atomic mass is 32.2. The fourth-order valence-corrected chi connectivity index (χ4v) is 4.73. The van der Waals surface area contributed by atoms with Crippen LogP contribution in [-0.4, -0.2) is 14.2 Å². The van der Waals surface area contributed by atoms with Crippen molar-refractivity contribution in [1.29, 1.82) is 0 Å². The van der Waals surface area contributed by atoms with Gasteiger partial charge in [-0.2, -0.15) is 0 Å². The van der Waals surface area contributed by atoms with Crippen molar-refractivity contribution in [1.82, 2.24) is 0 Å². The van der Waals surface area contributed by atoms with E-state index in [4.69, 9.17) is 5.73 Å². The molecule has 4 heteroatoms. The molecule has 0 spiro atoms. The largest absolute Gasteiger partial charge is 0.398 e. The second kappa shape index (κ2) is 5.31. The minimum absolute atomic E-state index is 0.275. The Balaban J connectivity index is 2.22. The number of sulfone groups is 1. The third kappa shape index (κ3) is 2.86. The Morgan fingerprint density at radius 1 is 1.22 bits per heavy atom. The molecule has 0 aromatic heterocycles. The molecule has 2 rings (SSSR count). The first-order chi connectivity index (χ1) is 8.50. The summed E-state index contributed by atoms with van der Waals surface area (Å²) in [6.07, 6.45) is 5.65. The fourth-order valence-electron chi connectivity index (χ4n) is 2.72. The monoisotopic (exact) mass is 267 g/mol. The van der Waals surface area contributed by atoms with E-state index in [1.807, 2.05) is 0 Å². The number of hydrogen-bond acceptors (Lipinski definition) is 3. The van der Waals surface area contributed by atoms with Gasteiger partial charge in [0.05, 0.1) is 10.6 Å². The predicted octanol–water partition coefficient (Wildman–Crippen LogP) is 2.93. The average Bonchev–Trinajstić information content (AvgIpc) is 2.33. The first kappa shape index (κ1) is 13.4. The fraction of sp³-hybridized carbons (Fsp3) is 0.571. The first-order valence-corrected chi connectivity index (χ1v) is 8.24. The van der Waals surface area contributed by atoms with Crippen molar-refractivity contribution in [2.24, 2.45) is 5.92 Å². The molecular weight excluding hydrogens is 246 g/mol. The van der Waals surface area contributed by atoms with Gasteiger partial charge in [0.15, 0.2) is 9.84 Å². The van der Waals surface area contributed by atoms with E-state index in [0.29, 0.717) is 22.1 Å². The molecule has 1 aliphatic carbocycles. The van der Waals surface area contributed by atoms with Crippen LogP contribution in [0.4, 0.5) is 5.69 Å².